The number of nitrogens with zero attached hydrogens (tertiary/aromatic N) is 1. The van der Waals surface area contributed by atoms with Crippen LogP contribution in [0.1, 0.15) is 27.0 Å². The van der Waals surface area contributed by atoms with E-state index in [0.717, 1.165) is 22.2 Å². The smallest absolute Gasteiger partial charge is 0.338 e. The molecule has 182 valence electrons. The number of aryl methyl sites for hydroxylation is 1. The minimum absolute atomic E-state index is 0.0462. The molecule has 1 N–H and O–H groups in total. The maximum atomic E-state index is 13.1. The summed E-state index contributed by atoms with van der Waals surface area (Å²) in [4.78, 5) is 50.6. The van der Waals surface area contributed by atoms with E-state index in [1.807, 2.05) is 19.1 Å². The molecule has 3 aromatic rings. The standard InChI is InChI=1S/C27H21FN2O5S/c1-17-2-12-22(13-3-17)29-24(31)16-35-26(33)20-8-4-18(5-9-20)14-23-25(32)30(27(34)36-23)15-19-6-10-21(28)11-7-19/h2-14H,15-16H2,1H3,(H,29,31)/b23-14-. The number of hydrogen-bond donors (Lipinski definition) is 1. The molecule has 0 bridgehead atoms. The van der Waals surface area contributed by atoms with Crippen LogP contribution < -0.4 is 5.32 Å². The van der Waals surface area contributed by atoms with E-state index in [0.29, 0.717) is 16.8 Å². The number of carbonyl (C=O) groups is 4. The fraction of sp³-hybridized carbons (Fsp3) is 0.111. The average molecular weight is 505 g/mol. The van der Waals surface area contributed by atoms with Crippen LogP contribution in [0.15, 0.2) is 77.7 Å². The monoisotopic (exact) mass is 504 g/mol. The van der Waals surface area contributed by atoms with E-state index in [1.165, 1.54) is 36.4 Å². The quantitative estimate of drug-likeness (QED) is 0.353. The summed E-state index contributed by atoms with van der Waals surface area (Å²) in [6, 6.07) is 19.0. The second-order valence-corrected chi connectivity index (χ2v) is 9.00. The van der Waals surface area contributed by atoms with E-state index in [9.17, 15) is 23.6 Å². The summed E-state index contributed by atoms with van der Waals surface area (Å²) in [5.41, 5.74) is 3.14. The van der Waals surface area contributed by atoms with Gasteiger partial charge in [0, 0.05) is 5.69 Å². The molecule has 36 heavy (non-hydrogen) atoms. The van der Waals surface area contributed by atoms with E-state index >= 15 is 0 Å². The number of ether oxygens (including phenoxy) is 1. The Morgan fingerprint density at radius 1 is 0.972 bits per heavy atom. The van der Waals surface area contributed by atoms with Crippen molar-refractivity contribution in [2.45, 2.75) is 13.5 Å². The molecular weight excluding hydrogens is 483 g/mol. The van der Waals surface area contributed by atoms with Gasteiger partial charge in [-0.3, -0.25) is 19.3 Å². The lowest BCUT2D eigenvalue weighted by atomic mass is 10.1. The predicted octanol–water partition coefficient (Wildman–Crippen LogP) is 5.17. The van der Waals surface area contributed by atoms with Crippen LogP contribution in [-0.2, 0) is 20.9 Å². The van der Waals surface area contributed by atoms with Gasteiger partial charge in [-0.2, -0.15) is 0 Å². The zero-order valence-electron chi connectivity index (χ0n) is 19.2. The van der Waals surface area contributed by atoms with Gasteiger partial charge in [0.05, 0.1) is 17.0 Å². The molecule has 1 aliphatic rings. The molecule has 1 aliphatic heterocycles. The second kappa shape index (κ2) is 11.0. The van der Waals surface area contributed by atoms with Crippen LogP contribution in [0.3, 0.4) is 0 Å². The van der Waals surface area contributed by atoms with Gasteiger partial charge >= 0.3 is 5.97 Å². The molecule has 0 spiro atoms. The number of anilines is 1. The van der Waals surface area contributed by atoms with Crippen LogP contribution in [0, 0.1) is 12.7 Å². The first-order chi connectivity index (χ1) is 17.3. The van der Waals surface area contributed by atoms with Gasteiger partial charge in [0.2, 0.25) is 0 Å². The van der Waals surface area contributed by atoms with Gasteiger partial charge in [-0.25, -0.2) is 9.18 Å². The first kappa shape index (κ1) is 24.9. The SMILES string of the molecule is Cc1ccc(NC(=O)COC(=O)c2ccc(/C=C3\SC(=O)N(Cc4ccc(F)cc4)C3=O)cc2)cc1. The highest BCUT2D eigenvalue weighted by Gasteiger charge is 2.35. The topological polar surface area (TPSA) is 92.8 Å². The Hall–Kier alpha value is -4.24. The van der Waals surface area contributed by atoms with Crippen molar-refractivity contribution in [3.63, 3.8) is 0 Å². The molecule has 1 fully saturated rings. The Morgan fingerprint density at radius 3 is 2.31 bits per heavy atom. The lowest BCUT2D eigenvalue weighted by Gasteiger charge is -2.12. The van der Waals surface area contributed by atoms with E-state index in [1.54, 1.807) is 30.3 Å². The molecule has 0 aromatic heterocycles. The normalized spacial score (nSPS) is 14.3. The first-order valence-electron chi connectivity index (χ1n) is 10.9. The highest BCUT2D eigenvalue weighted by molar-refractivity contribution is 8.18. The third-order valence-corrected chi connectivity index (χ3v) is 6.15. The van der Waals surface area contributed by atoms with Crippen molar-refractivity contribution >= 4 is 46.5 Å². The number of hydrogen-bond acceptors (Lipinski definition) is 6. The summed E-state index contributed by atoms with van der Waals surface area (Å²) < 4.78 is 18.2. The molecule has 3 aromatic carbocycles. The third-order valence-electron chi connectivity index (χ3n) is 5.24. The van der Waals surface area contributed by atoms with E-state index in [2.05, 4.69) is 5.32 Å². The Kier molecular flexibility index (Phi) is 7.60. The molecule has 7 nitrogen and oxygen atoms in total. The molecule has 0 aliphatic carbocycles. The van der Waals surface area contributed by atoms with Crippen molar-refractivity contribution in [1.82, 2.24) is 4.90 Å². The van der Waals surface area contributed by atoms with E-state index in [-0.39, 0.29) is 17.0 Å². The van der Waals surface area contributed by atoms with Crippen LogP contribution >= 0.6 is 11.8 Å². The number of esters is 1. The zero-order chi connectivity index (χ0) is 25.7. The first-order valence-corrected chi connectivity index (χ1v) is 11.7. The lowest BCUT2D eigenvalue weighted by Crippen LogP contribution is -2.27. The summed E-state index contributed by atoms with van der Waals surface area (Å²) in [5.74, 6) is -1.97. The van der Waals surface area contributed by atoms with Crippen molar-refractivity contribution in [2.24, 2.45) is 0 Å². The Balaban J connectivity index is 1.33. The summed E-state index contributed by atoms with van der Waals surface area (Å²) in [6.07, 6.45) is 1.56. The molecule has 4 rings (SSSR count). The van der Waals surface area contributed by atoms with Gasteiger partial charge < -0.3 is 10.1 Å². The largest absolute Gasteiger partial charge is 0.452 e. The van der Waals surface area contributed by atoms with Crippen molar-refractivity contribution in [2.75, 3.05) is 11.9 Å². The van der Waals surface area contributed by atoms with Gasteiger partial charge in [-0.1, -0.05) is 42.0 Å². The maximum absolute atomic E-state index is 13.1. The number of imide groups is 1. The van der Waals surface area contributed by atoms with Crippen LogP contribution in [0.4, 0.5) is 14.9 Å². The highest BCUT2D eigenvalue weighted by Crippen LogP contribution is 2.33. The van der Waals surface area contributed by atoms with Crippen LogP contribution in [-0.4, -0.2) is 34.5 Å². The summed E-state index contributed by atoms with van der Waals surface area (Å²) in [7, 11) is 0. The molecular formula is C27H21FN2O5S. The van der Waals surface area contributed by atoms with E-state index in [4.69, 9.17) is 4.74 Å². The summed E-state index contributed by atoms with van der Waals surface area (Å²) in [5, 5.41) is 2.23. The minimum atomic E-state index is -0.666. The molecule has 1 saturated heterocycles. The van der Waals surface area contributed by atoms with Crippen molar-refractivity contribution in [3.05, 3.63) is 106 Å². The molecule has 1 heterocycles. The molecule has 0 saturated carbocycles. The number of amides is 3. The Morgan fingerprint density at radius 2 is 1.64 bits per heavy atom. The van der Waals surface area contributed by atoms with Gasteiger partial charge in [0.1, 0.15) is 5.82 Å². The molecule has 0 unspecified atom stereocenters. The zero-order valence-corrected chi connectivity index (χ0v) is 20.0. The van der Waals surface area contributed by atoms with Crippen LogP contribution in [0.5, 0.6) is 0 Å². The average Bonchev–Trinajstić information content (AvgIpc) is 3.13. The number of benzene rings is 3. The Labute approximate surface area is 210 Å². The van der Waals surface area contributed by atoms with Gasteiger partial charge in [0.15, 0.2) is 6.61 Å². The third kappa shape index (κ3) is 6.25. The van der Waals surface area contributed by atoms with Crippen molar-refractivity contribution in [1.29, 1.82) is 0 Å². The number of carbonyl (C=O) groups excluding carboxylic acids is 4. The van der Waals surface area contributed by atoms with Crippen LogP contribution in [0.25, 0.3) is 6.08 Å². The summed E-state index contributed by atoms with van der Waals surface area (Å²) >= 11 is 0.811. The number of nitrogens with one attached hydrogen (secondary N) is 1. The molecule has 0 atom stereocenters. The minimum Gasteiger partial charge on any atom is -0.452 e. The van der Waals surface area contributed by atoms with Gasteiger partial charge in [-0.05, 0) is 72.3 Å². The lowest BCUT2D eigenvalue weighted by molar-refractivity contribution is -0.123. The van der Waals surface area contributed by atoms with Crippen LogP contribution in [0.2, 0.25) is 0 Å². The predicted molar refractivity (Wildman–Crippen MR) is 134 cm³/mol. The molecule has 3 amide bonds. The molecule has 9 heteroatoms. The number of thioether (sulfide) groups is 1. The van der Waals surface area contributed by atoms with Gasteiger partial charge in [-0.15, -0.1) is 0 Å². The maximum Gasteiger partial charge on any atom is 0.338 e. The fourth-order valence-corrected chi connectivity index (χ4v) is 4.16. The molecule has 0 radical (unpaired) electrons. The highest BCUT2D eigenvalue weighted by atomic mass is 32.2. The Bertz CT molecular complexity index is 1340. The number of rotatable bonds is 7. The number of halogens is 1. The second-order valence-electron chi connectivity index (χ2n) is 8.01. The summed E-state index contributed by atoms with van der Waals surface area (Å²) in [6.45, 7) is 1.55. The van der Waals surface area contributed by atoms with Crippen molar-refractivity contribution < 1.29 is 28.3 Å². The van der Waals surface area contributed by atoms with E-state index < -0.39 is 35.4 Å². The van der Waals surface area contributed by atoms with Crippen molar-refractivity contribution in [3.8, 4) is 0 Å². The fourth-order valence-electron chi connectivity index (χ4n) is 3.32. The van der Waals surface area contributed by atoms with Gasteiger partial charge in [0.25, 0.3) is 17.1 Å².